The van der Waals surface area contributed by atoms with Crippen molar-refractivity contribution < 1.29 is 4.79 Å². The molecule has 0 fully saturated rings. The molecule has 0 aliphatic heterocycles. The number of pyridine rings is 1. The monoisotopic (exact) mass is 139 g/mol. The van der Waals surface area contributed by atoms with E-state index in [4.69, 9.17) is 0 Å². The average Bonchev–Trinajstić information content (AvgIpc) is 1.89. The standard InChI is InChI=1S/C6H5NOS/c8-4-5-6(9)2-1-3-7-5/h1-4,9H. The third kappa shape index (κ3) is 1.29. The van der Waals surface area contributed by atoms with Gasteiger partial charge in [0, 0.05) is 11.1 Å². The van der Waals surface area contributed by atoms with Crippen molar-refractivity contribution >= 4 is 18.9 Å². The van der Waals surface area contributed by atoms with Crippen LogP contribution in [-0.4, -0.2) is 11.3 Å². The van der Waals surface area contributed by atoms with Crippen LogP contribution in [0.4, 0.5) is 0 Å². The van der Waals surface area contributed by atoms with Crippen LogP contribution in [0.15, 0.2) is 23.2 Å². The molecule has 0 saturated heterocycles. The van der Waals surface area contributed by atoms with Crippen LogP contribution in [0.1, 0.15) is 10.5 Å². The van der Waals surface area contributed by atoms with Gasteiger partial charge in [-0.2, -0.15) is 0 Å². The molecule has 0 aliphatic rings. The van der Waals surface area contributed by atoms with Crippen LogP contribution in [0.2, 0.25) is 0 Å². The van der Waals surface area contributed by atoms with Crippen LogP contribution in [0.3, 0.4) is 0 Å². The third-order valence-electron chi connectivity index (χ3n) is 0.928. The molecule has 1 aromatic rings. The molecule has 0 bridgehead atoms. The van der Waals surface area contributed by atoms with Crippen molar-refractivity contribution in [3.63, 3.8) is 0 Å². The molecule has 0 radical (unpaired) electrons. The molecular formula is C6H5NOS. The minimum atomic E-state index is 0.390. The maximum Gasteiger partial charge on any atom is 0.169 e. The summed E-state index contributed by atoms with van der Waals surface area (Å²) in [5, 5.41) is 0. The first-order valence-corrected chi connectivity index (χ1v) is 2.88. The van der Waals surface area contributed by atoms with Gasteiger partial charge in [-0.25, -0.2) is 0 Å². The number of rotatable bonds is 1. The Bertz CT molecular complexity index is 224. The van der Waals surface area contributed by atoms with Gasteiger partial charge in [-0.15, -0.1) is 12.6 Å². The summed E-state index contributed by atoms with van der Waals surface area (Å²) < 4.78 is 0. The summed E-state index contributed by atoms with van der Waals surface area (Å²) in [7, 11) is 0. The Labute approximate surface area is 58.3 Å². The minimum Gasteiger partial charge on any atom is -0.296 e. The molecular weight excluding hydrogens is 134 g/mol. The Morgan fingerprint density at radius 1 is 1.67 bits per heavy atom. The second kappa shape index (κ2) is 2.64. The van der Waals surface area contributed by atoms with Gasteiger partial charge < -0.3 is 0 Å². The molecule has 0 amide bonds. The van der Waals surface area contributed by atoms with E-state index in [0.717, 1.165) is 0 Å². The molecule has 2 nitrogen and oxygen atoms in total. The van der Waals surface area contributed by atoms with Crippen LogP contribution in [0, 0.1) is 0 Å². The summed E-state index contributed by atoms with van der Waals surface area (Å²) in [4.78, 5) is 14.5. The Hall–Kier alpha value is -0.830. The van der Waals surface area contributed by atoms with Gasteiger partial charge in [0.1, 0.15) is 5.69 Å². The summed E-state index contributed by atoms with van der Waals surface area (Å²) in [5.74, 6) is 0. The largest absolute Gasteiger partial charge is 0.296 e. The van der Waals surface area contributed by atoms with E-state index in [9.17, 15) is 4.79 Å². The van der Waals surface area contributed by atoms with E-state index in [1.54, 1.807) is 18.3 Å². The van der Waals surface area contributed by atoms with E-state index in [1.807, 2.05) is 0 Å². The molecule has 0 spiro atoms. The Morgan fingerprint density at radius 3 is 2.89 bits per heavy atom. The summed E-state index contributed by atoms with van der Waals surface area (Å²) in [6.07, 6.45) is 2.24. The lowest BCUT2D eigenvalue weighted by atomic mass is 10.4. The second-order valence-electron chi connectivity index (χ2n) is 1.53. The fourth-order valence-electron chi connectivity index (χ4n) is 0.500. The van der Waals surface area contributed by atoms with E-state index in [-0.39, 0.29) is 0 Å². The van der Waals surface area contributed by atoms with Gasteiger partial charge in [-0.3, -0.25) is 9.78 Å². The van der Waals surface area contributed by atoms with Crippen molar-refractivity contribution in [2.45, 2.75) is 4.90 Å². The van der Waals surface area contributed by atoms with E-state index in [0.29, 0.717) is 16.9 Å². The second-order valence-corrected chi connectivity index (χ2v) is 2.01. The Balaban J connectivity index is 3.15. The van der Waals surface area contributed by atoms with Gasteiger partial charge in [-0.05, 0) is 12.1 Å². The summed E-state index contributed by atoms with van der Waals surface area (Å²) in [6.45, 7) is 0. The number of nitrogens with zero attached hydrogens (tertiary/aromatic N) is 1. The van der Waals surface area contributed by atoms with Crippen LogP contribution >= 0.6 is 12.6 Å². The van der Waals surface area contributed by atoms with E-state index in [2.05, 4.69) is 17.6 Å². The Morgan fingerprint density at radius 2 is 2.44 bits per heavy atom. The molecule has 0 aromatic carbocycles. The topological polar surface area (TPSA) is 30.0 Å². The lowest BCUT2D eigenvalue weighted by molar-refractivity contribution is 0.111. The van der Waals surface area contributed by atoms with E-state index < -0.39 is 0 Å². The number of hydrogen-bond donors (Lipinski definition) is 1. The lowest BCUT2D eigenvalue weighted by Crippen LogP contribution is -1.85. The molecule has 1 heterocycles. The fraction of sp³-hybridized carbons (Fsp3) is 0. The molecule has 0 aliphatic carbocycles. The molecule has 0 atom stereocenters. The highest BCUT2D eigenvalue weighted by Crippen LogP contribution is 2.05. The maximum absolute atomic E-state index is 10.1. The van der Waals surface area contributed by atoms with Crippen LogP contribution in [0.25, 0.3) is 0 Å². The average molecular weight is 139 g/mol. The molecule has 0 unspecified atom stereocenters. The molecule has 0 saturated carbocycles. The number of hydrogen-bond acceptors (Lipinski definition) is 3. The quantitative estimate of drug-likeness (QED) is 0.467. The van der Waals surface area contributed by atoms with E-state index in [1.165, 1.54) is 0 Å². The zero-order valence-electron chi connectivity index (χ0n) is 4.61. The predicted octanol–water partition coefficient (Wildman–Crippen LogP) is 1.18. The molecule has 3 heteroatoms. The van der Waals surface area contributed by atoms with Crippen LogP contribution in [0.5, 0.6) is 0 Å². The van der Waals surface area contributed by atoms with Gasteiger partial charge in [0.25, 0.3) is 0 Å². The zero-order valence-corrected chi connectivity index (χ0v) is 5.51. The van der Waals surface area contributed by atoms with E-state index >= 15 is 0 Å². The number of aldehydes is 1. The predicted molar refractivity (Wildman–Crippen MR) is 36.9 cm³/mol. The van der Waals surface area contributed by atoms with Crippen molar-refractivity contribution in [2.75, 3.05) is 0 Å². The molecule has 9 heavy (non-hydrogen) atoms. The molecule has 0 N–H and O–H groups in total. The number of carbonyl (C=O) groups excluding carboxylic acids is 1. The summed E-state index contributed by atoms with van der Waals surface area (Å²) in [6, 6.07) is 3.45. The van der Waals surface area contributed by atoms with Gasteiger partial charge in [0.2, 0.25) is 0 Å². The summed E-state index contributed by atoms with van der Waals surface area (Å²) >= 11 is 3.98. The van der Waals surface area contributed by atoms with Gasteiger partial charge >= 0.3 is 0 Å². The number of carbonyl (C=O) groups is 1. The first-order chi connectivity index (χ1) is 4.34. The summed E-state index contributed by atoms with van der Waals surface area (Å²) in [5.41, 5.74) is 0.390. The van der Waals surface area contributed by atoms with Crippen molar-refractivity contribution in [3.8, 4) is 0 Å². The highest BCUT2D eigenvalue weighted by molar-refractivity contribution is 7.80. The Kier molecular flexibility index (Phi) is 1.85. The molecule has 1 aromatic heterocycles. The number of aromatic nitrogens is 1. The van der Waals surface area contributed by atoms with Crippen molar-refractivity contribution in [1.82, 2.24) is 4.98 Å². The first-order valence-electron chi connectivity index (χ1n) is 2.44. The first kappa shape index (κ1) is 6.29. The van der Waals surface area contributed by atoms with Crippen molar-refractivity contribution in [3.05, 3.63) is 24.0 Å². The smallest absolute Gasteiger partial charge is 0.169 e. The highest BCUT2D eigenvalue weighted by Gasteiger charge is 1.93. The SMILES string of the molecule is O=Cc1ncccc1S. The van der Waals surface area contributed by atoms with Gasteiger partial charge in [-0.1, -0.05) is 0 Å². The third-order valence-corrected chi connectivity index (χ3v) is 1.31. The van der Waals surface area contributed by atoms with Crippen LogP contribution < -0.4 is 0 Å². The molecule has 46 valence electrons. The maximum atomic E-state index is 10.1. The van der Waals surface area contributed by atoms with Crippen molar-refractivity contribution in [2.24, 2.45) is 0 Å². The van der Waals surface area contributed by atoms with Crippen molar-refractivity contribution in [1.29, 1.82) is 0 Å². The van der Waals surface area contributed by atoms with Crippen LogP contribution in [-0.2, 0) is 0 Å². The lowest BCUT2D eigenvalue weighted by Gasteiger charge is -1.90. The van der Waals surface area contributed by atoms with Gasteiger partial charge in [0.05, 0.1) is 0 Å². The zero-order chi connectivity index (χ0) is 6.69. The highest BCUT2D eigenvalue weighted by atomic mass is 32.1. The fourth-order valence-corrected chi connectivity index (χ4v) is 0.696. The number of thiol groups is 1. The minimum absolute atomic E-state index is 0.390. The normalized spacial score (nSPS) is 9.00. The molecule has 1 rings (SSSR count). The van der Waals surface area contributed by atoms with Gasteiger partial charge in [0.15, 0.2) is 6.29 Å².